The highest BCUT2D eigenvalue weighted by atomic mass is 19.3. The predicted molar refractivity (Wildman–Crippen MR) is 119 cm³/mol. The molecule has 1 aromatic rings. The molecule has 2 saturated carbocycles. The molecule has 1 atom stereocenters. The van der Waals surface area contributed by atoms with E-state index in [0.29, 0.717) is 24.1 Å². The van der Waals surface area contributed by atoms with Crippen LogP contribution >= 0.6 is 0 Å². The molecule has 1 saturated heterocycles. The van der Waals surface area contributed by atoms with Gasteiger partial charge in [0.1, 0.15) is 6.61 Å². The van der Waals surface area contributed by atoms with Crippen LogP contribution in [0.25, 0.3) is 0 Å². The topological polar surface area (TPSA) is 123 Å². The molecule has 34 heavy (non-hydrogen) atoms. The Morgan fingerprint density at radius 1 is 1.15 bits per heavy atom. The fourth-order valence-electron chi connectivity index (χ4n) is 4.71. The monoisotopic (exact) mass is 480 g/mol. The van der Waals surface area contributed by atoms with Crippen molar-refractivity contribution in [2.24, 2.45) is 17.6 Å². The maximum Gasteiger partial charge on any atom is 0.387 e. The van der Waals surface area contributed by atoms with E-state index >= 15 is 0 Å². The number of anilines is 2. The number of amides is 3. The molecule has 1 aliphatic heterocycles. The largest absolute Gasteiger partial charge is 0.433 e. The molecule has 4 rings (SSSR count). The van der Waals surface area contributed by atoms with Gasteiger partial charge in [-0.2, -0.15) is 8.78 Å². The standard InChI is InChI=1S/C23H30F2N4O5/c24-23(25)34-17-11-15(29-9-10-33-12-18(29)30)7-8-16(17)27-22(32)20(21(26)31)28-19(13-3-1-4-13)14-5-2-6-14/h7-8,11,13-14,19-20,23,28H,1-6,9-10,12H2,(H2,26,31)(H,27,32)/t20-/m0/s1. The minimum Gasteiger partial charge on any atom is -0.433 e. The molecule has 3 aliphatic rings. The first-order valence-corrected chi connectivity index (χ1v) is 11.7. The van der Waals surface area contributed by atoms with Crippen molar-refractivity contribution < 1.29 is 32.6 Å². The molecule has 2 aliphatic carbocycles. The highest BCUT2D eigenvalue weighted by molar-refractivity contribution is 6.10. The van der Waals surface area contributed by atoms with Gasteiger partial charge < -0.3 is 25.4 Å². The quantitative estimate of drug-likeness (QED) is 0.440. The lowest BCUT2D eigenvalue weighted by Gasteiger charge is -2.44. The molecule has 0 unspecified atom stereocenters. The smallest absolute Gasteiger partial charge is 0.387 e. The normalized spacial score (nSPS) is 20.1. The number of nitrogens with two attached hydrogens (primary N) is 1. The van der Waals surface area contributed by atoms with E-state index in [0.717, 1.165) is 38.5 Å². The summed E-state index contributed by atoms with van der Waals surface area (Å²) in [5.41, 5.74) is 5.83. The van der Waals surface area contributed by atoms with Gasteiger partial charge in [0.05, 0.1) is 12.3 Å². The van der Waals surface area contributed by atoms with Crippen LogP contribution in [-0.2, 0) is 19.1 Å². The summed E-state index contributed by atoms with van der Waals surface area (Å²) in [6.45, 7) is -2.70. The van der Waals surface area contributed by atoms with Gasteiger partial charge in [0, 0.05) is 24.3 Å². The van der Waals surface area contributed by atoms with E-state index in [2.05, 4.69) is 15.4 Å². The third-order valence-electron chi connectivity index (χ3n) is 6.96. The number of morpholine rings is 1. The summed E-state index contributed by atoms with van der Waals surface area (Å²) in [7, 11) is 0. The molecule has 0 spiro atoms. The van der Waals surface area contributed by atoms with Gasteiger partial charge in [-0.05, 0) is 49.7 Å². The Morgan fingerprint density at radius 3 is 2.35 bits per heavy atom. The molecule has 0 bridgehead atoms. The molecule has 0 radical (unpaired) electrons. The number of alkyl halides is 2. The number of carbonyl (C=O) groups is 3. The number of rotatable bonds is 10. The predicted octanol–water partition coefficient (Wildman–Crippen LogP) is 2.00. The van der Waals surface area contributed by atoms with Crippen molar-refractivity contribution in [2.75, 3.05) is 30.0 Å². The summed E-state index contributed by atoms with van der Waals surface area (Å²) in [5.74, 6) is -1.44. The van der Waals surface area contributed by atoms with Crippen molar-refractivity contribution in [3.05, 3.63) is 18.2 Å². The van der Waals surface area contributed by atoms with Gasteiger partial charge in [0.15, 0.2) is 11.8 Å². The van der Waals surface area contributed by atoms with Crippen LogP contribution in [0.1, 0.15) is 38.5 Å². The second kappa shape index (κ2) is 10.6. The molecule has 186 valence electrons. The maximum absolute atomic E-state index is 13.1. The van der Waals surface area contributed by atoms with Crippen molar-refractivity contribution in [3.63, 3.8) is 0 Å². The molecule has 3 amide bonds. The van der Waals surface area contributed by atoms with Crippen molar-refractivity contribution in [1.82, 2.24) is 5.32 Å². The van der Waals surface area contributed by atoms with E-state index in [-0.39, 0.29) is 36.5 Å². The molecular formula is C23H30F2N4O5. The molecular weight excluding hydrogens is 450 g/mol. The van der Waals surface area contributed by atoms with E-state index in [1.165, 1.54) is 23.1 Å². The van der Waals surface area contributed by atoms with Gasteiger partial charge in [-0.3, -0.25) is 19.7 Å². The summed E-state index contributed by atoms with van der Waals surface area (Å²) in [4.78, 5) is 38.7. The Labute approximate surface area is 196 Å². The highest BCUT2D eigenvalue weighted by Crippen LogP contribution is 2.40. The first-order chi connectivity index (χ1) is 16.3. The van der Waals surface area contributed by atoms with Gasteiger partial charge in [-0.1, -0.05) is 12.8 Å². The zero-order valence-electron chi connectivity index (χ0n) is 18.8. The fraction of sp³-hybridized carbons (Fsp3) is 0.609. The lowest BCUT2D eigenvalue weighted by atomic mass is 9.68. The molecule has 3 fully saturated rings. The third-order valence-corrected chi connectivity index (χ3v) is 6.96. The summed E-state index contributed by atoms with van der Waals surface area (Å²) in [5, 5.41) is 5.67. The second-order valence-electron chi connectivity index (χ2n) is 9.06. The fourth-order valence-corrected chi connectivity index (χ4v) is 4.71. The number of benzene rings is 1. The van der Waals surface area contributed by atoms with Crippen LogP contribution < -0.4 is 26.0 Å². The third kappa shape index (κ3) is 5.47. The Morgan fingerprint density at radius 2 is 1.82 bits per heavy atom. The molecule has 9 nitrogen and oxygen atoms in total. The lowest BCUT2D eigenvalue weighted by molar-refractivity contribution is -0.129. The molecule has 4 N–H and O–H groups in total. The van der Waals surface area contributed by atoms with Crippen LogP contribution in [0.15, 0.2) is 18.2 Å². The van der Waals surface area contributed by atoms with E-state index in [1.54, 1.807) is 0 Å². The van der Waals surface area contributed by atoms with Gasteiger partial charge in [-0.25, -0.2) is 0 Å². The van der Waals surface area contributed by atoms with Crippen LogP contribution in [0.3, 0.4) is 0 Å². The van der Waals surface area contributed by atoms with E-state index in [4.69, 9.17) is 10.5 Å². The van der Waals surface area contributed by atoms with E-state index < -0.39 is 24.5 Å². The Kier molecular flexibility index (Phi) is 7.62. The Balaban J connectivity index is 1.52. The number of hydrogen-bond donors (Lipinski definition) is 3. The van der Waals surface area contributed by atoms with Crippen LogP contribution in [0.4, 0.5) is 20.2 Å². The lowest BCUT2D eigenvalue weighted by Crippen LogP contribution is -2.58. The van der Waals surface area contributed by atoms with Gasteiger partial charge in [-0.15, -0.1) is 0 Å². The average molecular weight is 481 g/mol. The average Bonchev–Trinajstić information content (AvgIpc) is 2.70. The number of hydrogen-bond acceptors (Lipinski definition) is 6. The number of primary amides is 1. The highest BCUT2D eigenvalue weighted by Gasteiger charge is 2.39. The van der Waals surface area contributed by atoms with Gasteiger partial charge >= 0.3 is 6.61 Å². The summed E-state index contributed by atoms with van der Waals surface area (Å²) in [6.07, 6.45) is 6.39. The zero-order chi connectivity index (χ0) is 24.2. The number of halogens is 2. The minimum absolute atomic E-state index is 0.0113. The first-order valence-electron chi connectivity index (χ1n) is 11.7. The van der Waals surface area contributed by atoms with Crippen LogP contribution in [-0.4, -0.2) is 56.2 Å². The van der Waals surface area contributed by atoms with Crippen LogP contribution in [0, 0.1) is 11.8 Å². The molecule has 11 heteroatoms. The van der Waals surface area contributed by atoms with Crippen molar-refractivity contribution in [2.45, 2.75) is 57.2 Å². The van der Waals surface area contributed by atoms with E-state index in [1.807, 2.05) is 0 Å². The SMILES string of the molecule is NC(=O)[C@H](NC(C1CCC1)C1CCC1)C(=O)Nc1ccc(N2CCOCC2=O)cc1OC(F)F. The number of nitrogens with one attached hydrogen (secondary N) is 2. The zero-order valence-corrected chi connectivity index (χ0v) is 18.8. The number of nitrogens with zero attached hydrogens (tertiary/aromatic N) is 1. The van der Waals surface area contributed by atoms with Crippen LogP contribution in [0.5, 0.6) is 5.75 Å². The summed E-state index contributed by atoms with van der Waals surface area (Å²) < 4.78 is 35.9. The van der Waals surface area contributed by atoms with E-state index in [9.17, 15) is 23.2 Å². The first kappa shape index (κ1) is 24.3. The van der Waals surface area contributed by atoms with Crippen molar-refractivity contribution in [1.29, 1.82) is 0 Å². The molecule has 1 aromatic carbocycles. The maximum atomic E-state index is 13.1. The van der Waals surface area contributed by atoms with Crippen molar-refractivity contribution >= 4 is 29.1 Å². The number of carbonyl (C=O) groups excluding carboxylic acids is 3. The summed E-state index contributed by atoms with van der Waals surface area (Å²) >= 11 is 0. The molecule has 0 aromatic heterocycles. The molecule has 1 heterocycles. The Hall–Kier alpha value is -2.79. The minimum atomic E-state index is -3.15. The van der Waals surface area contributed by atoms with Gasteiger partial charge in [0.2, 0.25) is 5.91 Å². The van der Waals surface area contributed by atoms with Gasteiger partial charge in [0.25, 0.3) is 11.8 Å². The summed E-state index contributed by atoms with van der Waals surface area (Å²) in [6, 6.07) is 2.82. The second-order valence-corrected chi connectivity index (χ2v) is 9.06. The van der Waals surface area contributed by atoms with Crippen molar-refractivity contribution in [3.8, 4) is 5.75 Å². The Bertz CT molecular complexity index is 909. The van der Waals surface area contributed by atoms with Crippen LogP contribution in [0.2, 0.25) is 0 Å². The number of ether oxygens (including phenoxy) is 2.